The third-order valence-electron chi connectivity index (χ3n) is 5.90. The lowest BCUT2D eigenvalue weighted by Crippen LogP contribution is -2.58. The molecule has 8 heteroatoms. The zero-order chi connectivity index (χ0) is 19.7. The minimum Gasteiger partial charge on any atom is -0.391 e. The highest BCUT2D eigenvalue weighted by molar-refractivity contribution is 6.02. The van der Waals surface area contributed by atoms with Gasteiger partial charge < -0.3 is 25.5 Å². The number of fused-ring (bicyclic) bond motifs is 1. The van der Waals surface area contributed by atoms with Crippen LogP contribution in [0.2, 0.25) is 0 Å². The highest BCUT2D eigenvalue weighted by Crippen LogP contribution is 2.31. The highest BCUT2D eigenvalue weighted by atomic mass is 16.3. The van der Waals surface area contributed by atoms with Crippen molar-refractivity contribution in [3.63, 3.8) is 0 Å². The third-order valence-corrected chi connectivity index (χ3v) is 5.90. The predicted octanol–water partition coefficient (Wildman–Crippen LogP) is 0.534. The molecule has 0 bridgehead atoms. The van der Waals surface area contributed by atoms with E-state index in [2.05, 4.69) is 10.6 Å². The van der Waals surface area contributed by atoms with Crippen molar-refractivity contribution < 1.29 is 19.5 Å². The van der Waals surface area contributed by atoms with Crippen LogP contribution >= 0.6 is 0 Å². The van der Waals surface area contributed by atoms with Gasteiger partial charge in [-0.25, -0.2) is 0 Å². The molecule has 8 nitrogen and oxygen atoms in total. The number of rotatable bonds is 2. The Balaban J connectivity index is 1.43. The molecule has 3 aliphatic heterocycles. The van der Waals surface area contributed by atoms with Crippen LogP contribution in [0.25, 0.3) is 0 Å². The minimum atomic E-state index is -0.680. The van der Waals surface area contributed by atoms with Crippen molar-refractivity contribution in [1.29, 1.82) is 0 Å². The monoisotopic (exact) mass is 386 g/mol. The molecule has 3 heterocycles. The first-order valence-corrected chi connectivity index (χ1v) is 9.89. The summed E-state index contributed by atoms with van der Waals surface area (Å²) < 4.78 is 0. The van der Waals surface area contributed by atoms with Crippen LogP contribution in [0.5, 0.6) is 0 Å². The Hall–Kier alpha value is -2.61. The molecule has 4 rings (SSSR count). The quantitative estimate of drug-likeness (QED) is 0.688. The number of carbonyl (C=O) groups is 3. The number of benzene rings is 1. The smallest absolute Gasteiger partial charge is 0.255 e. The van der Waals surface area contributed by atoms with E-state index < -0.39 is 11.8 Å². The van der Waals surface area contributed by atoms with Crippen LogP contribution in [-0.4, -0.2) is 70.6 Å². The second-order valence-electron chi connectivity index (χ2n) is 7.91. The lowest BCUT2D eigenvalue weighted by atomic mass is 9.95. The molecule has 2 unspecified atom stereocenters. The summed E-state index contributed by atoms with van der Waals surface area (Å²) in [7, 11) is 0. The number of aliphatic hydroxyl groups is 1. The van der Waals surface area contributed by atoms with Crippen molar-refractivity contribution in [1.82, 2.24) is 15.1 Å². The molecular formula is C20H26N4O4. The average molecular weight is 386 g/mol. The van der Waals surface area contributed by atoms with Crippen LogP contribution in [-0.2, 0) is 9.59 Å². The Morgan fingerprint density at radius 1 is 1.18 bits per heavy atom. The molecule has 28 heavy (non-hydrogen) atoms. The number of aliphatic hydroxyl groups excluding tert-OH is 1. The summed E-state index contributed by atoms with van der Waals surface area (Å²) in [6.07, 6.45) is 2.25. The second kappa shape index (κ2) is 7.43. The Kier molecular flexibility index (Phi) is 4.97. The molecule has 3 aliphatic rings. The van der Waals surface area contributed by atoms with Gasteiger partial charge in [-0.1, -0.05) is 12.1 Å². The fourth-order valence-corrected chi connectivity index (χ4v) is 4.28. The van der Waals surface area contributed by atoms with Gasteiger partial charge in [0.05, 0.1) is 18.2 Å². The maximum absolute atomic E-state index is 12.6. The summed E-state index contributed by atoms with van der Waals surface area (Å²) in [6.45, 7) is 1.36. The number of para-hydroxylation sites is 1. The van der Waals surface area contributed by atoms with Crippen LogP contribution in [0.4, 0.5) is 5.69 Å². The van der Waals surface area contributed by atoms with E-state index in [0.717, 1.165) is 12.1 Å². The van der Waals surface area contributed by atoms with Gasteiger partial charge in [0.1, 0.15) is 5.66 Å². The predicted molar refractivity (Wildman–Crippen MR) is 103 cm³/mol. The molecule has 0 radical (unpaired) electrons. The van der Waals surface area contributed by atoms with E-state index in [1.54, 1.807) is 15.9 Å². The third kappa shape index (κ3) is 3.69. The molecule has 0 aliphatic carbocycles. The summed E-state index contributed by atoms with van der Waals surface area (Å²) in [5, 5.41) is 16.2. The topological polar surface area (TPSA) is 102 Å². The molecule has 0 aromatic heterocycles. The van der Waals surface area contributed by atoms with E-state index in [-0.39, 0.29) is 30.7 Å². The van der Waals surface area contributed by atoms with Gasteiger partial charge in [-0.2, -0.15) is 0 Å². The molecule has 1 aromatic rings. The van der Waals surface area contributed by atoms with Gasteiger partial charge in [0, 0.05) is 38.2 Å². The number of amides is 3. The molecule has 3 N–H and O–H groups in total. The number of piperidine rings is 1. The summed E-state index contributed by atoms with van der Waals surface area (Å²) >= 11 is 0. The first-order valence-electron chi connectivity index (χ1n) is 9.89. The van der Waals surface area contributed by atoms with Crippen molar-refractivity contribution in [2.45, 2.75) is 43.9 Å². The highest BCUT2D eigenvalue weighted by Gasteiger charge is 2.40. The maximum atomic E-state index is 12.6. The van der Waals surface area contributed by atoms with Gasteiger partial charge in [-0.3, -0.25) is 14.4 Å². The molecule has 0 saturated carbocycles. The number of β-amino-alcohol motifs (C(OH)–C–C–N with tert-alkyl or cyclic N) is 1. The number of nitrogens with one attached hydrogen (secondary N) is 2. The number of hydrogen-bond acceptors (Lipinski definition) is 5. The molecular weight excluding hydrogens is 360 g/mol. The van der Waals surface area contributed by atoms with Crippen LogP contribution in [0.1, 0.15) is 42.5 Å². The molecule has 1 aromatic carbocycles. The van der Waals surface area contributed by atoms with Crippen LogP contribution in [0.15, 0.2) is 24.3 Å². The summed E-state index contributed by atoms with van der Waals surface area (Å²) in [5.41, 5.74) is 0.685. The number of nitrogens with zero attached hydrogens (tertiary/aromatic N) is 2. The SMILES string of the molecule is O=C1NC2(CCC(=O)N(CC(=O)N3CCCC(O)C3)CC2)Nc2ccccc21. The van der Waals surface area contributed by atoms with Crippen molar-refractivity contribution in [2.24, 2.45) is 0 Å². The lowest BCUT2D eigenvalue weighted by molar-refractivity contribution is -0.141. The summed E-state index contributed by atoms with van der Waals surface area (Å²) in [6, 6.07) is 7.33. The van der Waals surface area contributed by atoms with E-state index in [0.29, 0.717) is 44.5 Å². The van der Waals surface area contributed by atoms with E-state index in [4.69, 9.17) is 0 Å². The van der Waals surface area contributed by atoms with E-state index in [9.17, 15) is 19.5 Å². The maximum Gasteiger partial charge on any atom is 0.255 e. The van der Waals surface area contributed by atoms with Crippen molar-refractivity contribution >= 4 is 23.4 Å². The van der Waals surface area contributed by atoms with Gasteiger partial charge in [0.15, 0.2) is 0 Å². The lowest BCUT2D eigenvalue weighted by Gasteiger charge is -2.40. The Morgan fingerprint density at radius 2 is 2.00 bits per heavy atom. The second-order valence-corrected chi connectivity index (χ2v) is 7.91. The van der Waals surface area contributed by atoms with Gasteiger partial charge in [-0.05, 0) is 31.4 Å². The number of carbonyl (C=O) groups excluding carboxylic acids is 3. The number of hydrogen-bond donors (Lipinski definition) is 3. The normalized spacial score (nSPS) is 27.7. The molecule has 1 spiro atoms. The van der Waals surface area contributed by atoms with Crippen molar-refractivity contribution in [3.8, 4) is 0 Å². The van der Waals surface area contributed by atoms with Gasteiger partial charge in [0.25, 0.3) is 5.91 Å². The van der Waals surface area contributed by atoms with E-state index in [1.165, 1.54) is 0 Å². The van der Waals surface area contributed by atoms with E-state index >= 15 is 0 Å². The van der Waals surface area contributed by atoms with Crippen molar-refractivity contribution in [3.05, 3.63) is 29.8 Å². The Labute approximate surface area is 163 Å². The fraction of sp³-hybridized carbons (Fsp3) is 0.550. The van der Waals surface area contributed by atoms with Crippen molar-refractivity contribution in [2.75, 3.05) is 31.5 Å². The molecule has 2 fully saturated rings. The van der Waals surface area contributed by atoms with Gasteiger partial charge >= 0.3 is 0 Å². The Morgan fingerprint density at radius 3 is 2.82 bits per heavy atom. The zero-order valence-electron chi connectivity index (χ0n) is 15.8. The molecule has 150 valence electrons. The van der Waals surface area contributed by atoms with E-state index in [1.807, 2.05) is 18.2 Å². The number of anilines is 1. The molecule has 2 atom stereocenters. The van der Waals surface area contributed by atoms with Crippen LogP contribution in [0.3, 0.4) is 0 Å². The van der Waals surface area contributed by atoms with Gasteiger partial charge in [0.2, 0.25) is 11.8 Å². The largest absolute Gasteiger partial charge is 0.391 e. The molecule has 3 amide bonds. The fourth-order valence-electron chi connectivity index (χ4n) is 4.28. The minimum absolute atomic E-state index is 0.0200. The zero-order valence-corrected chi connectivity index (χ0v) is 15.8. The number of likely N-dealkylation sites (tertiary alicyclic amines) is 2. The first-order chi connectivity index (χ1) is 13.5. The first kappa shape index (κ1) is 18.7. The standard InChI is InChI=1S/C20H26N4O4/c25-14-4-3-10-23(12-14)18(27)13-24-11-9-20(8-7-17(24)26)21-16-6-2-1-5-15(16)19(28)22-20/h1-2,5-6,14,21,25H,3-4,7-13H2,(H,22,28). The van der Waals surface area contributed by atoms with Crippen LogP contribution < -0.4 is 10.6 Å². The summed E-state index contributed by atoms with van der Waals surface area (Å²) in [5.74, 6) is -0.361. The Bertz CT molecular complexity index is 798. The average Bonchev–Trinajstić information content (AvgIpc) is 2.82. The van der Waals surface area contributed by atoms with Crippen LogP contribution in [0, 0.1) is 0 Å². The van der Waals surface area contributed by atoms with Gasteiger partial charge in [-0.15, -0.1) is 0 Å². The molecule has 2 saturated heterocycles. The summed E-state index contributed by atoms with van der Waals surface area (Å²) in [4.78, 5) is 40.9.